The summed E-state index contributed by atoms with van der Waals surface area (Å²) >= 11 is 0. The fourth-order valence-electron chi connectivity index (χ4n) is 2.06. The van der Waals surface area contributed by atoms with E-state index in [0.29, 0.717) is 23.3 Å². The van der Waals surface area contributed by atoms with Crippen LogP contribution in [0.3, 0.4) is 0 Å². The summed E-state index contributed by atoms with van der Waals surface area (Å²) in [4.78, 5) is 4.31. The molecule has 2 aromatic heterocycles. The van der Waals surface area contributed by atoms with Crippen molar-refractivity contribution in [1.29, 1.82) is 0 Å². The van der Waals surface area contributed by atoms with Crippen LogP contribution in [0.5, 0.6) is 0 Å². The maximum absolute atomic E-state index is 5.85. The van der Waals surface area contributed by atoms with Crippen LogP contribution in [0.25, 0.3) is 11.5 Å². The molecule has 2 heterocycles. The minimum absolute atomic E-state index is 0.257. The summed E-state index contributed by atoms with van der Waals surface area (Å²) in [7, 11) is 0. The fourth-order valence-corrected chi connectivity index (χ4v) is 2.06. The lowest BCUT2D eigenvalue weighted by molar-refractivity contribution is 0.353. The molecule has 0 aromatic carbocycles. The van der Waals surface area contributed by atoms with Gasteiger partial charge in [0.15, 0.2) is 5.69 Å². The normalized spacial score (nSPS) is 25.1. The standard InChI is InChI=1S/C9H12N6O/c10-6-2-1-5(3-6)9-12-8(14-16-9)7-4-11-15-13-7/h4-6H,1-3,10H2,(H,11,13,15)/t5-,6+/m1/s1. The Hall–Kier alpha value is -1.76. The van der Waals surface area contributed by atoms with Crippen LogP contribution in [0.2, 0.25) is 0 Å². The topological polar surface area (TPSA) is 107 Å². The van der Waals surface area contributed by atoms with Gasteiger partial charge in [0.1, 0.15) is 0 Å². The van der Waals surface area contributed by atoms with Crippen molar-refractivity contribution in [2.45, 2.75) is 31.2 Å². The van der Waals surface area contributed by atoms with Crippen LogP contribution in [0.4, 0.5) is 0 Å². The van der Waals surface area contributed by atoms with Crippen LogP contribution in [0, 0.1) is 0 Å². The predicted molar refractivity (Wildman–Crippen MR) is 54.2 cm³/mol. The SMILES string of the molecule is N[C@H]1CC[C@@H](c2nc(-c3cn[nH]n3)no2)C1. The van der Waals surface area contributed by atoms with Crippen LogP contribution >= 0.6 is 0 Å². The Morgan fingerprint density at radius 1 is 1.44 bits per heavy atom. The smallest absolute Gasteiger partial charge is 0.230 e. The zero-order valence-electron chi connectivity index (χ0n) is 8.63. The second kappa shape index (κ2) is 3.67. The summed E-state index contributed by atoms with van der Waals surface area (Å²) in [6.45, 7) is 0. The first-order chi connectivity index (χ1) is 7.83. The van der Waals surface area contributed by atoms with Gasteiger partial charge in [-0.3, -0.25) is 0 Å². The fraction of sp³-hybridized carbons (Fsp3) is 0.556. The number of aromatic amines is 1. The molecule has 84 valence electrons. The second-order valence-electron chi connectivity index (χ2n) is 4.08. The van der Waals surface area contributed by atoms with Crippen molar-refractivity contribution in [1.82, 2.24) is 25.6 Å². The zero-order chi connectivity index (χ0) is 11.0. The quantitative estimate of drug-likeness (QED) is 0.760. The van der Waals surface area contributed by atoms with Crippen LogP contribution in [0.15, 0.2) is 10.7 Å². The highest BCUT2D eigenvalue weighted by molar-refractivity contribution is 5.44. The average Bonchev–Trinajstić information content (AvgIpc) is 2.97. The van der Waals surface area contributed by atoms with Gasteiger partial charge in [0.25, 0.3) is 0 Å². The van der Waals surface area contributed by atoms with Crippen molar-refractivity contribution in [2.24, 2.45) is 5.73 Å². The maximum atomic E-state index is 5.85. The second-order valence-corrected chi connectivity index (χ2v) is 4.08. The number of aromatic nitrogens is 5. The Morgan fingerprint density at radius 2 is 2.38 bits per heavy atom. The monoisotopic (exact) mass is 220 g/mol. The van der Waals surface area contributed by atoms with E-state index >= 15 is 0 Å². The molecule has 2 atom stereocenters. The molecule has 0 spiro atoms. The Bertz CT molecular complexity index is 464. The third-order valence-electron chi connectivity index (χ3n) is 2.91. The third kappa shape index (κ3) is 1.58. The first-order valence-electron chi connectivity index (χ1n) is 5.28. The van der Waals surface area contributed by atoms with Crippen LogP contribution < -0.4 is 5.73 Å². The van der Waals surface area contributed by atoms with Crippen LogP contribution in [-0.2, 0) is 0 Å². The highest BCUT2D eigenvalue weighted by atomic mass is 16.5. The molecule has 16 heavy (non-hydrogen) atoms. The molecule has 1 saturated carbocycles. The molecule has 7 heteroatoms. The molecule has 1 fully saturated rings. The van der Waals surface area contributed by atoms with Crippen molar-refractivity contribution >= 4 is 0 Å². The number of hydrogen-bond donors (Lipinski definition) is 2. The zero-order valence-corrected chi connectivity index (χ0v) is 8.63. The molecule has 7 nitrogen and oxygen atoms in total. The first kappa shape index (κ1) is 9.46. The lowest BCUT2D eigenvalue weighted by Crippen LogP contribution is -2.14. The van der Waals surface area contributed by atoms with E-state index in [1.165, 1.54) is 0 Å². The number of nitrogens with zero attached hydrogens (tertiary/aromatic N) is 4. The summed E-state index contributed by atoms with van der Waals surface area (Å²) < 4.78 is 5.22. The molecular weight excluding hydrogens is 208 g/mol. The summed E-state index contributed by atoms with van der Waals surface area (Å²) in [6.07, 6.45) is 4.52. The van der Waals surface area contributed by atoms with E-state index in [2.05, 4.69) is 25.6 Å². The molecule has 0 saturated heterocycles. The highest BCUT2D eigenvalue weighted by Crippen LogP contribution is 2.33. The molecule has 0 radical (unpaired) electrons. The van der Waals surface area contributed by atoms with Gasteiger partial charge in [0.2, 0.25) is 11.7 Å². The van der Waals surface area contributed by atoms with E-state index in [4.69, 9.17) is 10.3 Å². The Labute approximate surface area is 91.4 Å². The van der Waals surface area contributed by atoms with Gasteiger partial charge < -0.3 is 10.3 Å². The van der Waals surface area contributed by atoms with Gasteiger partial charge in [-0.05, 0) is 19.3 Å². The highest BCUT2D eigenvalue weighted by Gasteiger charge is 2.28. The lowest BCUT2D eigenvalue weighted by atomic mass is 10.1. The van der Waals surface area contributed by atoms with Gasteiger partial charge in [-0.15, -0.1) is 0 Å². The van der Waals surface area contributed by atoms with E-state index in [-0.39, 0.29) is 6.04 Å². The third-order valence-corrected chi connectivity index (χ3v) is 2.91. The van der Waals surface area contributed by atoms with E-state index in [1.54, 1.807) is 6.20 Å². The molecule has 3 rings (SSSR count). The maximum Gasteiger partial charge on any atom is 0.230 e. The van der Waals surface area contributed by atoms with E-state index in [1.807, 2.05) is 0 Å². The van der Waals surface area contributed by atoms with E-state index < -0.39 is 0 Å². The Morgan fingerprint density at radius 3 is 3.06 bits per heavy atom. The molecule has 0 unspecified atom stereocenters. The lowest BCUT2D eigenvalue weighted by Gasteiger charge is -2.01. The Balaban J connectivity index is 1.83. The van der Waals surface area contributed by atoms with Crippen molar-refractivity contribution in [3.05, 3.63) is 12.1 Å². The minimum atomic E-state index is 0.257. The van der Waals surface area contributed by atoms with Gasteiger partial charge >= 0.3 is 0 Å². The molecule has 0 aliphatic heterocycles. The van der Waals surface area contributed by atoms with Gasteiger partial charge in [-0.2, -0.15) is 20.4 Å². The summed E-state index contributed by atoms with van der Waals surface area (Å²) in [5, 5.41) is 14.0. The number of nitrogens with one attached hydrogen (secondary N) is 1. The molecule has 0 amide bonds. The van der Waals surface area contributed by atoms with Crippen molar-refractivity contribution in [2.75, 3.05) is 0 Å². The van der Waals surface area contributed by atoms with Crippen molar-refractivity contribution in [3.63, 3.8) is 0 Å². The Kier molecular flexibility index (Phi) is 2.17. The average molecular weight is 220 g/mol. The van der Waals surface area contributed by atoms with Gasteiger partial charge in [-0.1, -0.05) is 5.16 Å². The number of nitrogens with two attached hydrogens (primary N) is 1. The van der Waals surface area contributed by atoms with Gasteiger partial charge in [0.05, 0.1) is 6.20 Å². The van der Waals surface area contributed by atoms with E-state index in [9.17, 15) is 0 Å². The summed E-state index contributed by atoms with van der Waals surface area (Å²) in [5.41, 5.74) is 6.44. The van der Waals surface area contributed by atoms with Crippen molar-refractivity contribution < 1.29 is 4.52 Å². The number of rotatable bonds is 2. The summed E-state index contributed by atoms with van der Waals surface area (Å²) in [6, 6.07) is 0.257. The molecule has 1 aliphatic carbocycles. The molecule has 2 aromatic rings. The number of hydrogen-bond acceptors (Lipinski definition) is 6. The van der Waals surface area contributed by atoms with Gasteiger partial charge in [0, 0.05) is 12.0 Å². The van der Waals surface area contributed by atoms with Crippen LogP contribution in [0.1, 0.15) is 31.1 Å². The predicted octanol–water partition coefficient (Wildman–Crippen LogP) is 0.449. The first-order valence-corrected chi connectivity index (χ1v) is 5.28. The molecular formula is C9H12N6O. The van der Waals surface area contributed by atoms with Crippen molar-refractivity contribution in [3.8, 4) is 11.5 Å². The van der Waals surface area contributed by atoms with Gasteiger partial charge in [-0.25, -0.2) is 0 Å². The largest absolute Gasteiger partial charge is 0.339 e. The minimum Gasteiger partial charge on any atom is -0.339 e. The summed E-state index contributed by atoms with van der Waals surface area (Å²) in [5.74, 6) is 1.43. The molecule has 0 bridgehead atoms. The number of H-pyrrole nitrogens is 1. The van der Waals surface area contributed by atoms with Crippen LogP contribution in [-0.4, -0.2) is 31.6 Å². The molecule has 1 aliphatic rings. The molecule has 3 N–H and O–H groups in total. The van der Waals surface area contributed by atoms with E-state index in [0.717, 1.165) is 19.3 Å².